The first kappa shape index (κ1) is 24.2. The fourth-order valence-electron chi connectivity index (χ4n) is 3.03. The number of nitrogens with zero attached hydrogens (tertiary/aromatic N) is 3. The third-order valence-corrected chi connectivity index (χ3v) is 5.11. The van der Waals surface area contributed by atoms with Gasteiger partial charge in [-0.15, -0.1) is 0 Å². The van der Waals surface area contributed by atoms with Crippen LogP contribution in [-0.4, -0.2) is 41.4 Å². The lowest BCUT2D eigenvalue weighted by Crippen LogP contribution is -2.23. The molecule has 0 atom stereocenters. The summed E-state index contributed by atoms with van der Waals surface area (Å²) in [6.45, 7) is 4.86. The molecule has 1 heterocycles. The lowest BCUT2D eigenvalue weighted by Gasteiger charge is -2.10. The smallest absolute Gasteiger partial charge is 0.276 e. The number of nitro groups is 1. The molecule has 0 aliphatic heterocycles. The quantitative estimate of drug-likeness (QED) is 0.315. The molecular weight excluding hydrogens is 424 g/mol. The number of rotatable bonds is 11. The van der Waals surface area contributed by atoms with Crippen molar-refractivity contribution in [3.05, 3.63) is 50.3 Å². The molecule has 2 rings (SSSR count). The number of ether oxygens (including phenoxy) is 2. The van der Waals surface area contributed by atoms with E-state index in [0.29, 0.717) is 22.0 Å². The summed E-state index contributed by atoms with van der Waals surface area (Å²) in [6.07, 6.45) is 5.25. The highest BCUT2D eigenvalue weighted by Crippen LogP contribution is 2.34. The number of hydrogen-bond donors (Lipinski definition) is 1. The molecule has 0 spiro atoms. The number of amides is 1. The Hall–Kier alpha value is -3.07. The first-order valence-corrected chi connectivity index (χ1v) is 10.3. The highest BCUT2D eigenvalue weighted by molar-refractivity contribution is 6.31. The van der Waals surface area contributed by atoms with Gasteiger partial charge in [-0.05, 0) is 31.9 Å². The summed E-state index contributed by atoms with van der Waals surface area (Å²) in [5.74, 6) is 0.330. The maximum absolute atomic E-state index is 12.2. The zero-order valence-electron chi connectivity index (χ0n) is 18.1. The molecule has 168 valence electrons. The molecule has 1 N–H and O–H groups in total. The van der Waals surface area contributed by atoms with Crippen LogP contribution < -0.4 is 14.8 Å². The Kier molecular flexibility index (Phi) is 8.87. The summed E-state index contributed by atoms with van der Waals surface area (Å²) in [5.41, 5.74) is 1.78. The first-order chi connectivity index (χ1) is 14.8. The number of benzene rings is 1. The number of aromatic nitrogens is 2. The minimum atomic E-state index is -0.486. The summed E-state index contributed by atoms with van der Waals surface area (Å²) in [4.78, 5) is 23.1. The lowest BCUT2D eigenvalue weighted by molar-refractivity contribution is -0.385. The van der Waals surface area contributed by atoms with Gasteiger partial charge in [0.2, 0.25) is 5.91 Å². The molecule has 1 aromatic carbocycles. The molecule has 2 aromatic rings. The number of methoxy groups -OCH3 is 2. The second-order valence-electron chi connectivity index (χ2n) is 6.83. The normalized spacial score (nSPS) is 11.0. The average Bonchev–Trinajstić information content (AvgIpc) is 3.02. The molecule has 0 bridgehead atoms. The molecule has 0 saturated heterocycles. The van der Waals surface area contributed by atoms with E-state index in [0.717, 1.165) is 25.1 Å². The van der Waals surface area contributed by atoms with Crippen LogP contribution in [0.25, 0.3) is 6.08 Å². The number of unbranched alkanes of at least 4 members (excludes halogenated alkanes) is 1. The average molecular weight is 451 g/mol. The van der Waals surface area contributed by atoms with Crippen molar-refractivity contribution in [2.75, 3.05) is 20.8 Å². The highest BCUT2D eigenvalue weighted by Gasteiger charge is 2.19. The van der Waals surface area contributed by atoms with E-state index in [1.165, 1.54) is 26.4 Å². The third kappa shape index (κ3) is 6.21. The predicted octanol–water partition coefficient (Wildman–Crippen LogP) is 3.94. The fraction of sp³-hybridized carbons (Fsp3) is 0.429. The first-order valence-electron chi connectivity index (χ1n) is 9.90. The van der Waals surface area contributed by atoms with Crippen molar-refractivity contribution in [1.29, 1.82) is 0 Å². The maximum atomic E-state index is 12.2. The Morgan fingerprint density at radius 3 is 2.61 bits per heavy atom. The Morgan fingerprint density at radius 2 is 2.00 bits per heavy atom. The van der Waals surface area contributed by atoms with Crippen LogP contribution in [0.4, 0.5) is 5.69 Å². The van der Waals surface area contributed by atoms with Gasteiger partial charge in [-0.3, -0.25) is 19.6 Å². The summed E-state index contributed by atoms with van der Waals surface area (Å²) >= 11 is 6.37. The van der Waals surface area contributed by atoms with Crippen LogP contribution in [-0.2, 0) is 17.8 Å². The Morgan fingerprint density at radius 1 is 1.32 bits per heavy atom. The van der Waals surface area contributed by atoms with Crippen LogP contribution in [0.15, 0.2) is 18.2 Å². The number of nitrogens with one attached hydrogen (secondary N) is 1. The molecular formula is C21H27ClN4O5. The molecule has 0 aliphatic carbocycles. The van der Waals surface area contributed by atoms with Gasteiger partial charge >= 0.3 is 0 Å². The van der Waals surface area contributed by atoms with E-state index in [1.54, 1.807) is 16.8 Å². The second kappa shape index (κ2) is 11.4. The van der Waals surface area contributed by atoms with E-state index in [4.69, 9.17) is 21.1 Å². The number of hydrogen-bond acceptors (Lipinski definition) is 6. The van der Waals surface area contributed by atoms with Gasteiger partial charge in [-0.1, -0.05) is 24.9 Å². The van der Waals surface area contributed by atoms with E-state index >= 15 is 0 Å². The van der Waals surface area contributed by atoms with Gasteiger partial charge in [0.15, 0.2) is 11.5 Å². The van der Waals surface area contributed by atoms with E-state index < -0.39 is 4.92 Å². The zero-order chi connectivity index (χ0) is 23.0. The predicted molar refractivity (Wildman–Crippen MR) is 119 cm³/mol. The number of carbonyl (C=O) groups is 1. The summed E-state index contributed by atoms with van der Waals surface area (Å²) in [6, 6.07) is 2.86. The number of carbonyl (C=O) groups excluding carboxylic acids is 1. The monoisotopic (exact) mass is 450 g/mol. The summed E-state index contributed by atoms with van der Waals surface area (Å²) < 4.78 is 12.1. The Labute approximate surface area is 186 Å². The Bertz CT molecular complexity index is 971. The largest absolute Gasteiger partial charge is 0.493 e. The van der Waals surface area contributed by atoms with E-state index in [-0.39, 0.29) is 30.3 Å². The summed E-state index contributed by atoms with van der Waals surface area (Å²) in [7, 11) is 2.87. The topological polar surface area (TPSA) is 109 Å². The van der Waals surface area contributed by atoms with Crippen molar-refractivity contribution >= 4 is 29.3 Å². The highest BCUT2D eigenvalue weighted by atomic mass is 35.5. The molecule has 1 aromatic heterocycles. The molecule has 10 heteroatoms. The molecule has 0 saturated carbocycles. The van der Waals surface area contributed by atoms with E-state index in [9.17, 15) is 14.9 Å². The minimum Gasteiger partial charge on any atom is -0.493 e. The van der Waals surface area contributed by atoms with Gasteiger partial charge in [0.1, 0.15) is 5.15 Å². The van der Waals surface area contributed by atoms with Gasteiger partial charge in [-0.25, -0.2) is 0 Å². The van der Waals surface area contributed by atoms with Crippen LogP contribution in [0, 0.1) is 17.0 Å². The molecule has 1 amide bonds. The Balaban J connectivity index is 2.03. The van der Waals surface area contributed by atoms with Gasteiger partial charge in [0, 0.05) is 30.3 Å². The van der Waals surface area contributed by atoms with Crippen molar-refractivity contribution in [3.8, 4) is 11.5 Å². The molecule has 0 unspecified atom stereocenters. The molecule has 9 nitrogen and oxygen atoms in total. The third-order valence-electron chi connectivity index (χ3n) is 4.71. The minimum absolute atomic E-state index is 0.0932. The van der Waals surface area contributed by atoms with Crippen LogP contribution in [0.2, 0.25) is 5.15 Å². The SMILES string of the molecule is CCCCn1nc(C)c(/C=C/C(=O)NCCc2cc(OC)c(OC)cc2[N+](=O)[O-])c1Cl. The molecule has 0 aliphatic rings. The number of nitro benzene ring substituents is 1. The van der Waals surface area contributed by atoms with E-state index in [1.807, 2.05) is 6.92 Å². The molecule has 0 fully saturated rings. The standard InChI is InChI=1S/C21H27ClN4O5/c1-5-6-11-25-21(22)16(14(2)24-25)7-8-20(27)23-10-9-15-12-18(30-3)19(31-4)13-17(15)26(28)29/h7-8,12-13H,5-6,9-11H2,1-4H3,(H,23,27)/b8-7+. The van der Waals surface area contributed by atoms with Gasteiger partial charge < -0.3 is 14.8 Å². The maximum Gasteiger partial charge on any atom is 0.276 e. The van der Waals surface area contributed by atoms with Crippen molar-refractivity contribution < 1.29 is 19.2 Å². The lowest BCUT2D eigenvalue weighted by atomic mass is 10.1. The van der Waals surface area contributed by atoms with Gasteiger partial charge in [0.25, 0.3) is 5.69 Å². The molecule has 31 heavy (non-hydrogen) atoms. The van der Waals surface area contributed by atoms with Gasteiger partial charge in [0.05, 0.1) is 30.9 Å². The molecule has 0 radical (unpaired) electrons. The van der Waals surface area contributed by atoms with Crippen molar-refractivity contribution in [2.24, 2.45) is 0 Å². The number of halogens is 1. The van der Waals surface area contributed by atoms with Crippen molar-refractivity contribution in [3.63, 3.8) is 0 Å². The van der Waals surface area contributed by atoms with Gasteiger partial charge in [-0.2, -0.15) is 5.10 Å². The van der Waals surface area contributed by atoms with Crippen LogP contribution in [0.1, 0.15) is 36.6 Å². The van der Waals surface area contributed by atoms with Crippen LogP contribution in [0.3, 0.4) is 0 Å². The van der Waals surface area contributed by atoms with Crippen molar-refractivity contribution in [1.82, 2.24) is 15.1 Å². The van der Waals surface area contributed by atoms with Crippen LogP contribution >= 0.6 is 11.6 Å². The van der Waals surface area contributed by atoms with E-state index in [2.05, 4.69) is 17.3 Å². The second-order valence-corrected chi connectivity index (χ2v) is 7.19. The van der Waals surface area contributed by atoms with Crippen molar-refractivity contribution in [2.45, 2.75) is 39.7 Å². The van der Waals surface area contributed by atoms with Crippen LogP contribution in [0.5, 0.6) is 11.5 Å². The summed E-state index contributed by atoms with van der Waals surface area (Å²) in [5, 5.41) is 19.0. The zero-order valence-corrected chi connectivity index (χ0v) is 18.9. The fourth-order valence-corrected chi connectivity index (χ4v) is 3.35. The number of aryl methyl sites for hydroxylation is 2.